The Labute approximate surface area is 109 Å². The molecule has 3 nitrogen and oxygen atoms in total. The third-order valence-corrected chi connectivity index (χ3v) is 3.13. The topological polar surface area (TPSA) is 39.4 Å². The van der Waals surface area contributed by atoms with Crippen LogP contribution in [0.2, 0.25) is 0 Å². The summed E-state index contributed by atoms with van der Waals surface area (Å²) in [7, 11) is 1.57. The first-order valence-electron chi connectivity index (χ1n) is 4.52. The quantitative estimate of drug-likeness (QED) is 0.626. The standard InChI is InChI=1S/C11H8Br2O3/c1-15-10-4-7(13)2-6-3-9(8(14)5-12)16-11(6)10/h2-4H,5H2,1H3. The molecule has 16 heavy (non-hydrogen) atoms. The fraction of sp³-hybridized carbons (Fsp3) is 0.182. The Kier molecular flexibility index (Phi) is 3.35. The van der Waals surface area contributed by atoms with Crippen LogP contribution in [0, 0.1) is 0 Å². The van der Waals surface area contributed by atoms with Crippen LogP contribution in [0.15, 0.2) is 27.1 Å². The van der Waals surface area contributed by atoms with Gasteiger partial charge in [-0.15, -0.1) is 0 Å². The number of fused-ring (bicyclic) bond motifs is 1. The lowest BCUT2D eigenvalue weighted by molar-refractivity contribution is 0.0995. The lowest BCUT2D eigenvalue weighted by Gasteiger charge is -2.00. The van der Waals surface area contributed by atoms with E-state index in [4.69, 9.17) is 9.15 Å². The lowest BCUT2D eigenvalue weighted by atomic mass is 10.2. The Balaban J connectivity index is 2.64. The summed E-state index contributed by atoms with van der Waals surface area (Å²) in [6, 6.07) is 5.40. The molecule has 0 saturated carbocycles. The maximum atomic E-state index is 11.5. The fourth-order valence-corrected chi connectivity index (χ4v) is 2.17. The van der Waals surface area contributed by atoms with E-state index < -0.39 is 0 Å². The molecule has 0 amide bonds. The van der Waals surface area contributed by atoms with Gasteiger partial charge in [0, 0.05) is 9.86 Å². The summed E-state index contributed by atoms with van der Waals surface area (Å²) in [5.41, 5.74) is 0.593. The van der Waals surface area contributed by atoms with Crippen molar-refractivity contribution in [3.05, 3.63) is 28.4 Å². The van der Waals surface area contributed by atoms with Crippen LogP contribution in [0.3, 0.4) is 0 Å². The molecular weight excluding hydrogens is 340 g/mol. The molecule has 0 saturated heterocycles. The summed E-state index contributed by atoms with van der Waals surface area (Å²) in [4.78, 5) is 11.5. The van der Waals surface area contributed by atoms with Crippen molar-refractivity contribution in [2.75, 3.05) is 12.4 Å². The zero-order chi connectivity index (χ0) is 11.7. The molecule has 0 aliphatic carbocycles. The van der Waals surface area contributed by atoms with Gasteiger partial charge in [0.05, 0.1) is 12.4 Å². The van der Waals surface area contributed by atoms with E-state index in [1.807, 2.05) is 6.07 Å². The summed E-state index contributed by atoms with van der Waals surface area (Å²) in [5.74, 6) is 0.857. The number of hydrogen-bond donors (Lipinski definition) is 0. The second-order valence-electron chi connectivity index (χ2n) is 3.19. The number of ether oxygens (including phenoxy) is 1. The van der Waals surface area contributed by atoms with Crippen LogP contribution in [-0.4, -0.2) is 18.2 Å². The molecule has 2 aromatic rings. The van der Waals surface area contributed by atoms with Gasteiger partial charge in [-0.2, -0.15) is 0 Å². The van der Waals surface area contributed by atoms with Gasteiger partial charge in [-0.1, -0.05) is 31.9 Å². The van der Waals surface area contributed by atoms with Crippen LogP contribution in [-0.2, 0) is 0 Å². The van der Waals surface area contributed by atoms with E-state index in [-0.39, 0.29) is 11.1 Å². The molecule has 0 bridgehead atoms. The van der Waals surface area contributed by atoms with Crippen LogP contribution in [0.5, 0.6) is 5.75 Å². The lowest BCUT2D eigenvalue weighted by Crippen LogP contribution is -1.96. The Morgan fingerprint density at radius 1 is 1.44 bits per heavy atom. The van der Waals surface area contributed by atoms with E-state index in [1.54, 1.807) is 19.2 Å². The van der Waals surface area contributed by atoms with Gasteiger partial charge in [-0.3, -0.25) is 4.79 Å². The molecule has 0 spiro atoms. The van der Waals surface area contributed by atoms with Gasteiger partial charge in [0.25, 0.3) is 0 Å². The number of halogens is 2. The van der Waals surface area contributed by atoms with E-state index in [0.29, 0.717) is 17.1 Å². The van der Waals surface area contributed by atoms with Crippen LogP contribution in [0.4, 0.5) is 0 Å². The minimum absolute atomic E-state index is 0.0885. The summed E-state index contributed by atoms with van der Waals surface area (Å²) in [6.07, 6.45) is 0. The highest BCUT2D eigenvalue weighted by molar-refractivity contribution is 9.10. The van der Waals surface area contributed by atoms with E-state index in [1.165, 1.54) is 0 Å². The summed E-state index contributed by atoms with van der Waals surface area (Å²) in [5, 5.41) is 1.09. The van der Waals surface area contributed by atoms with Crippen molar-refractivity contribution in [3.8, 4) is 5.75 Å². The Hall–Kier alpha value is -0.810. The molecule has 0 N–H and O–H groups in total. The molecule has 1 aromatic heterocycles. The molecule has 0 aliphatic heterocycles. The van der Waals surface area contributed by atoms with Crippen molar-refractivity contribution in [1.82, 2.24) is 0 Å². The molecule has 1 aromatic carbocycles. The molecule has 2 rings (SSSR count). The summed E-state index contributed by atoms with van der Waals surface area (Å²) >= 11 is 6.48. The van der Waals surface area contributed by atoms with Crippen molar-refractivity contribution < 1.29 is 13.9 Å². The molecule has 84 valence electrons. The van der Waals surface area contributed by atoms with Gasteiger partial charge >= 0.3 is 0 Å². The van der Waals surface area contributed by atoms with E-state index in [0.717, 1.165) is 9.86 Å². The summed E-state index contributed by atoms with van der Waals surface area (Å²) in [6.45, 7) is 0. The van der Waals surface area contributed by atoms with Crippen molar-refractivity contribution >= 4 is 48.6 Å². The number of alkyl halides is 1. The van der Waals surface area contributed by atoms with E-state index >= 15 is 0 Å². The number of ketones is 1. The predicted molar refractivity (Wildman–Crippen MR) is 68.6 cm³/mol. The largest absolute Gasteiger partial charge is 0.493 e. The number of hydrogen-bond acceptors (Lipinski definition) is 3. The Bertz CT molecular complexity index is 545. The van der Waals surface area contributed by atoms with Crippen molar-refractivity contribution in [1.29, 1.82) is 0 Å². The molecule has 0 atom stereocenters. The average molecular weight is 348 g/mol. The monoisotopic (exact) mass is 346 g/mol. The molecule has 0 fully saturated rings. The summed E-state index contributed by atoms with van der Waals surface area (Å²) < 4.78 is 11.5. The normalized spacial score (nSPS) is 10.7. The second kappa shape index (κ2) is 4.59. The van der Waals surface area contributed by atoms with Crippen LogP contribution >= 0.6 is 31.9 Å². The van der Waals surface area contributed by atoms with Crippen LogP contribution in [0.25, 0.3) is 11.0 Å². The number of benzene rings is 1. The third kappa shape index (κ3) is 2.01. The van der Waals surface area contributed by atoms with Crippen LogP contribution < -0.4 is 4.74 Å². The predicted octanol–water partition coefficient (Wildman–Crippen LogP) is 3.78. The fourth-order valence-electron chi connectivity index (χ4n) is 1.44. The number of furan rings is 1. The number of carbonyl (C=O) groups is 1. The van der Waals surface area contributed by atoms with Gasteiger partial charge in [0.15, 0.2) is 17.1 Å². The highest BCUT2D eigenvalue weighted by Gasteiger charge is 2.14. The SMILES string of the molecule is COc1cc(Br)cc2cc(C(=O)CBr)oc12. The minimum Gasteiger partial charge on any atom is -0.493 e. The highest BCUT2D eigenvalue weighted by atomic mass is 79.9. The smallest absolute Gasteiger partial charge is 0.208 e. The zero-order valence-corrected chi connectivity index (χ0v) is 11.6. The number of rotatable bonds is 3. The van der Waals surface area contributed by atoms with Crippen molar-refractivity contribution in [2.45, 2.75) is 0 Å². The number of Topliss-reactive ketones (excluding diaryl/α,β-unsaturated/α-hetero) is 1. The van der Waals surface area contributed by atoms with Crippen molar-refractivity contribution in [2.24, 2.45) is 0 Å². The number of carbonyl (C=O) groups excluding carboxylic acids is 1. The van der Waals surface area contributed by atoms with Gasteiger partial charge in [0.1, 0.15) is 0 Å². The zero-order valence-electron chi connectivity index (χ0n) is 8.42. The maximum Gasteiger partial charge on any atom is 0.208 e. The van der Waals surface area contributed by atoms with Gasteiger partial charge in [-0.25, -0.2) is 0 Å². The average Bonchev–Trinajstić information content (AvgIpc) is 2.70. The molecule has 5 heteroatoms. The molecule has 1 heterocycles. The molecule has 0 unspecified atom stereocenters. The van der Waals surface area contributed by atoms with Gasteiger partial charge in [-0.05, 0) is 18.2 Å². The minimum atomic E-state index is -0.0885. The van der Waals surface area contributed by atoms with Gasteiger partial charge in [0.2, 0.25) is 5.78 Å². The Morgan fingerprint density at radius 3 is 2.81 bits per heavy atom. The first kappa shape index (κ1) is 11.7. The molecular formula is C11H8Br2O3. The third-order valence-electron chi connectivity index (χ3n) is 2.16. The molecule has 0 aliphatic rings. The number of methoxy groups -OCH3 is 1. The van der Waals surface area contributed by atoms with E-state index in [2.05, 4.69) is 31.9 Å². The van der Waals surface area contributed by atoms with E-state index in [9.17, 15) is 4.79 Å². The maximum absolute atomic E-state index is 11.5. The van der Waals surface area contributed by atoms with Crippen molar-refractivity contribution in [3.63, 3.8) is 0 Å². The first-order chi connectivity index (χ1) is 7.65. The first-order valence-corrected chi connectivity index (χ1v) is 6.43. The Morgan fingerprint density at radius 2 is 2.19 bits per heavy atom. The highest BCUT2D eigenvalue weighted by Crippen LogP contribution is 2.32. The second-order valence-corrected chi connectivity index (χ2v) is 4.67. The molecule has 0 radical (unpaired) electrons. The van der Waals surface area contributed by atoms with Crippen LogP contribution in [0.1, 0.15) is 10.6 Å². The van der Waals surface area contributed by atoms with Gasteiger partial charge < -0.3 is 9.15 Å².